The summed E-state index contributed by atoms with van der Waals surface area (Å²) in [4.78, 5) is 56.2. The Morgan fingerprint density at radius 3 is 2.45 bits per heavy atom. The number of nitrogens with one attached hydrogen (secondary N) is 3. The van der Waals surface area contributed by atoms with E-state index < -0.39 is 22.0 Å². The first kappa shape index (κ1) is 34.5. The minimum absolute atomic E-state index is 0.141. The van der Waals surface area contributed by atoms with Crippen molar-refractivity contribution in [1.29, 1.82) is 0 Å². The molecule has 0 aliphatic rings. The molecular weight excluding hydrogens is 663 g/mol. The smallest absolute Gasteiger partial charge is 0.276 e. The van der Waals surface area contributed by atoms with Gasteiger partial charge in [-0.2, -0.15) is 0 Å². The topological polar surface area (TPSA) is 153 Å². The highest BCUT2D eigenvalue weighted by Gasteiger charge is 2.22. The Morgan fingerprint density at radius 1 is 0.959 bits per heavy atom. The summed E-state index contributed by atoms with van der Waals surface area (Å²) < 4.78 is 5.44. The monoisotopic (exact) mass is 693 g/mol. The van der Waals surface area contributed by atoms with Crippen molar-refractivity contribution in [2.45, 2.75) is 23.5 Å². The van der Waals surface area contributed by atoms with Gasteiger partial charge in [-0.25, -0.2) is 4.98 Å². The zero-order valence-electron chi connectivity index (χ0n) is 26.4. The fourth-order valence-electron chi connectivity index (χ4n) is 4.70. The molecule has 4 aromatic carbocycles. The summed E-state index contributed by atoms with van der Waals surface area (Å²) in [5, 5.41) is 21.8. The zero-order valence-corrected chi connectivity index (χ0v) is 28.0. The number of nitro benzene ring substituents is 1. The number of benzene rings is 4. The predicted octanol–water partition coefficient (Wildman–Crippen LogP) is 7.65. The van der Waals surface area contributed by atoms with Gasteiger partial charge in [0.05, 0.1) is 28.5 Å². The molecule has 1 heterocycles. The number of carbonyl (C=O) groups is 3. The minimum atomic E-state index is -0.691. The van der Waals surface area contributed by atoms with Crippen LogP contribution in [0, 0.1) is 10.1 Å². The van der Waals surface area contributed by atoms with Crippen LogP contribution in [0.3, 0.4) is 0 Å². The van der Waals surface area contributed by atoms with Crippen LogP contribution in [-0.4, -0.2) is 40.0 Å². The molecule has 49 heavy (non-hydrogen) atoms. The number of ether oxygens (including phenoxy) is 1. The van der Waals surface area contributed by atoms with Gasteiger partial charge in [0, 0.05) is 33.2 Å². The Morgan fingerprint density at radius 2 is 1.69 bits per heavy atom. The van der Waals surface area contributed by atoms with Crippen molar-refractivity contribution in [3.05, 3.63) is 135 Å². The molecule has 11 nitrogen and oxygen atoms in total. The number of thioether (sulfide) groups is 1. The third-order valence-electron chi connectivity index (χ3n) is 7.11. The molecule has 0 aliphatic heterocycles. The first-order valence-corrected chi connectivity index (χ1v) is 16.8. The maximum Gasteiger partial charge on any atom is 0.276 e. The predicted molar refractivity (Wildman–Crippen MR) is 193 cm³/mol. The Hall–Kier alpha value is -5.79. The highest BCUT2D eigenvalue weighted by Crippen LogP contribution is 2.33. The number of rotatable bonds is 13. The summed E-state index contributed by atoms with van der Waals surface area (Å²) in [6, 6.07) is 28.7. The van der Waals surface area contributed by atoms with E-state index in [1.807, 2.05) is 42.6 Å². The van der Waals surface area contributed by atoms with Crippen LogP contribution in [0.15, 0.2) is 119 Å². The van der Waals surface area contributed by atoms with Crippen LogP contribution < -0.4 is 20.7 Å². The molecule has 5 rings (SSSR count). The number of para-hydroxylation sites is 2. The van der Waals surface area contributed by atoms with Crippen molar-refractivity contribution in [1.82, 2.24) is 10.3 Å². The molecule has 0 spiro atoms. The van der Waals surface area contributed by atoms with Gasteiger partial charge < -0.3 is 20.7 Å². The largest absolute Gasteiger partial charge is 0.496 e. The van der Waals surface area contributed by atoms with Gasteiger partial charge in [-0.05, 0) is 61.0 Å². The maximum atomic E-state index is 13.6. The van der Waals surface area contributed by atoms with E-state index in [1.54, 1.807) is 61.7 Å². The summed E-state index contributed by atoms with van der Waals surface area (Å²) in [5.41, 5.74) is 1.94. The van der Waals surface area contributed by atoms with Crippen molar-refractivity contribution in [3.63, 3.8) is 0 Å². The van der Waals surface area contributed by atoms with Gasteiger partial charge in [0.1, 0.15) is 11.4 Å². The van der Waals surface area contributed by atoms with E-state index in [0.29, 0.717) is 39.1 Å². The number of nitrogens with zero attached hydrogens (tertiary/aromatic N) is 2. The fraction of sp³-hybridized carbons (Fsp3) is 0.111. The molecule has 1 atom stereocenters. The molecule has 13 heteroatoms. The van der Waals surface area contributed by atoms with Crippen LogP contribution in [0.1, 0.15) is 29.3 Å². The normalized spacial score (nSPS) is 11.7. The number of anilines is 2. The first-order chi connectivity index (χ1) is 23.7. The van der Waals surface area contributed by atoms with Gasteiger partial charge >= 0.3 is 0 Å². The Kier molecular flexibility index (Phi) is 11.5. The van der Waals surface area contributed by atoms with Crippen molar-refractivity contribution < 1.29 is 24.0 Å². The van der Waals surface area contributed by atoms with Gasteiger partial charge in [-0.3, -0.25) is 24.5 Å². The Balaban J connectivity index is 1.31. The Bertz CT molecular complexity index is 2010. The molecule has 0 fully saturated rings. The minimum Gasteiger partial charge on any atom is -0.496 e. The molecule has 1 aromatic heterocycles. The van der Waals surface area contributed by atoms with Gasteiger partial charge in [-0.1, -0.05) is 55.5 Å². The van der Waals surface area contributed by atoms with E-state index in [4.69, 9.17) is 4.74 Å². The molecule has 5 aromatic rings. The quantitative estimate of drug-likeness (QED) is 0.0492. The number of aromatic nitrogens is 1. The van der Waals surface area contributed by atoms with Gasteiger partial charge in [0.25, 0.3) is 17.5 Å². The number of thiazole rings is 1. The number of nitro groups is 1. The lowest BCUT2D eigenvalue weighted by molar-refractivity contribution is -0.385. The second kappa shape index (κ2) is 16.4. The van der Waals surface area contributed by atoms with E-state index >= 15 is 0 Å². The maximum absolute atomic E-state index is 13.6. The number of amides is 3. The van der Waals surface area contributed by atoms with Gasteiger partial charge in [-0.15, -0.1) is 23.1 Å². The van der Waals surface area contributed by atoms with E-state index in [-0.39, 0.29) is 22.9 Å². The van der Waals surface area contributed by atoms with Gasteiger partial charge in [0.2, 0.25) is 5.91 Å². The van der Waals surface area contributed by atoms with Crippen LogP contribution in [0.25, 0.3) is 17.3 Å². The van der Waals surface area contributed by atoms with Crippen LogP contribution in [0.2, 0.25) is 0 Å². The Labute approximate surface area is 290 Å². The SMILES string of the molecule is CCC(Sc1cccc(NC(=O)/C(=C\c2ccccc2[N+](=O)[O-])NC(=O)c2ccccc2)c1)C(=O)Nc1nc(-c2ccccc2OC)cs1. The second-order valence-corrected chi connectivity index (χ2v) is 12.6. The van der Waals surface area contributed by atoms with E-state index in [1.165, 1.54) is 47.4 Å². The molecule has 0 saturated heterocycles. The summed E-state index contributed by atoms with van der Waals surface area (Å²) in [6.07, 6.45) is 1.79. The van der Waals surface area contributed by atoms with Crippen molar-refractivity contribution >= 4 is 63.4 Å². The highest BCUT2D eigenvalue weighted by molar-refractivity contribution is 8.00. The van der Waals surface area contributed by atoms with Crippen LogP contribution in [-0.2, 0) is 9.59 Å². The van der Waals surface area contributed by atoms with Crippen LogP contribution in [0.4, 0.5) is 16.5 Å². The molecule has 0 aliphatic carbocycles. The second-order valence-electron chi connectivity index (χ2n) is 10.4. The number of carbonyl (C=O) groups excluding carboxylic acids is 3. The van der Waals surface area contributed by atoms with Crippen LogP contribution in [0.5, 0.6) is 5.75 Å². The lowest BCUT2D eigenvalue weighted by Crippen LogP contribution is -2.30. The van der Waals surface area contributed by atoms with E-state index in [9.17, 15) is 24.5 Å². The highest BCUT2D eigenvalue weighted by atomic mass is 32.2. The average Bonchev–Trinajstić information content (AvgIpc) is 3.59. The number of methoxy groups -OCH3 is 1. The third kappa shape index (κ3) is 8.97. The molecule has 3 N–H and O–H groups in total. The fourth-order valence-corrected chi connectivity index (χ4v) is 6.43. The number of hydrogen-bond donors (Lipinski definition) is 3. The lowest BCUT2D eigenvalue weighted by atomic mass is 10.1. The zero-order chi connectivity index (χ0) is 34.8. The lowest BCUT2D eigenvalue weighted by Gasteiger charge is -2.15. The van der Waals surface area contributed by atoms with E-state index in [0.717, 1.165) is 5.56 Å². The van der Waals surface area contributed by atoms with Crippen molar-refractivity contribution in [2.75, 3.05) is 17.7 Å². The third-order valence-corrected chi connectivity index (χ3v) is 9.23. The van der Waals surface area contributed by atoms with Crippen molar-refractivity contribution in [2.24, 2.45) is 0 Å². The molecule has 0 bridgehead atoms. The summed E-state index contributed by atoms with van der Waals surface area (Å²) in [6.45, 7) is 1.90. The molecule has 1 unspecified atom stereocenters. The van der Waals surface area contributed by atoms with Gasteiger partial charge in [0.15, 0.2) is 5.13 Å². The summed E-state index contributed by atoms with van der Waals surface area (Å²) >= 11 is 2.64. The molecule has 248 valence electrons. The van der Waals surface area contributed by atoms with E-state index in [2.05, 4.69) is 20.9 Å². The molecular formula is C36H31N5O6S2. The summed E-state index contributed by atoms with van der Waals surface area (Å²) in [7, 11) is 1.59. The average molecular weight is 694 g/mol. The molecule has 0 saturated carbocycles. The first-order valence-electron chi connectivity index (χ1n) is 15.0. The summed E-state index contributed by atoms with van der Waals surface area (Å²) in [5.74, 6) is -0.788. The van der Waals surface area contributed by atoms with Crippen LogP contribution >= 0.6 is 23.1 Å². The molecule has 3 amide bonds. The molecule has 0 radical (unpaired) electrons. The standard InChI is InChI=1S/C36H31N5O6S2/c1-3-32(35(44)40-36-39-29(22-48-36)27-17-8-10-19-31(27)47-2)49-26-16-11-15-25(21-26)37-34(43)28(38-33(42)23-12-5-4-6-13-23)20-24-14-7-9-18-30(24)41(45)46/h4-22,32H,3H2,1-2H3,(H,37,43)(H,38,42)(H,39,40,44)/b28-20+. The van der Waals surface area contributed by atoms with Crippen molar-refractivity contribution in [3.8, 4) is 17.0 Å². The number of hydrogen-bond acceptors (Lipinski definition) is 9.